The van der Waals surface area contributed by atoms with Gasteiger partial charge < -0.3 is 20.1 Å². The van der Waals surface area contributed by atoms with Crippen LogP contribution in [0.25, 0.3) is 0 Å². The van der Waals surface area contributed by atoms with Gasteiger partial charge in [0, 0.05) is 12.5 Å². The maximum Gasteiger partial charge on any atom is 0.0629 e. The first-order chi connectivity index (χ1) is 16.7. The van der Waals surface area contributed by atoms with E-state index in [1.54, 1.807) is 0 Å². The molecule has 0 spiro atoms. The Hall–Kier alpha value is -1.72. The average molecular weight is 471 g/mol. The average Bonchev–Trinajstić information content (AvgIpc) is 2.90. The van der Waals surface area contributed by atoms with Crippen LogP contribution in [-0.2, 0) is 4.74 Å². The molecule has 0 heterocycles. The fraction of sp³-hybridized carbons (Fsp3) is 0.600. The lowest BCUT2D eigenvalue weighted by Crippen LogP contribution is -2.38. The van der Waals surface area contributed by atoms with E-state index in [-0.39, 0.29) is 26.4 Å². The van der Waals surface area contributed by atoms with Crippen molar-refractivity contribution in [3.8, 4) is 0 Å². The highest BCUT2D eigenvalue weighted by Gasteiger charge is 2.28. The molecule has 2 aromatic rings. The van der Waals surface area contributed by atoms with Gasteiger partial charge in [-0.15, -0.1) is 0 Å². The van der Waals surface area contributed by atoms with Crippen LogP contribution in [0.1, 0.15) is 87.7 Å². The van der Waals surface area contributed by atoms with Crippen molar-refractivity contribution in [1.29, 1.82) is 0 Å². The van der Waals surface area contributed by atoms with Crippen molar-refractivity contribution in [2.75, 3.05) is 33.0 Å². The van der Waals surface area contributed by atoms with Crippen molar-refractivity contribution >= 4 is 0 Å². The fourth-order valence-electron chi connectivity index (χ4n) is 4.44. The van der Waals surface area contributed by atoms with Gasteiger partial charge in [-0.2, -0.15) is 0 Å². The summed E-state index contributed by atoms with van der Waals surface area (Å²) in [5.74, 6) is 0.499. The van der Waals surface area contributed by atoms with Crippen molar-refractivity contribution in [3.63, 3.8) is 0 Å². The molecule has 190 valence electrons. The second kappa shape index (κ2) is 17.7. The van der Waals surface area contributed by atoms with Crippen molar-refractivity contribution in [3.05, 3.63) is 71.8 Å². The first-order valence-electron chi connectivity index (χ1n) is 13.2. The van der Waals surface area contributed by atoms with Gasteiger partial charge in [0.2, 0.25) is 0 Å². The van der Waals surface area contributed by atoms with Gasteiger partial charge in [0.25, 0.3) is 0 Å². The van der Waals surface area contributed by atoms with E-state index in [0.29, 0.717) is 12.5 Å². The SMILES string of the molecule is OCC(CO)(CO)COCCCCCCCCCCCCC(c1ccccc1)c1ccccc1. The Labute approximate surface area is 207 Å². The van der Waals surface area contributed by atoms with Crippen LogP contribution in [-0.4, -0.2) is 48.4 Å². The van der Waals surface area contributed by atoms with Gasteiger partial charge in [0.05, 0.1) is 31.8 Å². The Bertz CT molecular complexity index is 667. The van der Waals surface area contributed by atoms with Crippen LogP contribution in [0.3, 0.4) is 0 Å². The highest BCUT2D eigenvalue weighted by atomic mass is 16.5. The number of rotatable bonds is 20. The molecule has 0 atom stereocenters. The van der Waals surface area contributed by atoms with Gasteiger partial charge >= 0.3 is 0 Å². The monoisotopic (exact) mass is 470 g/mol. The number of ether oxygens (including phenoxy) is 1. The molecule has 0 saturated carbocycles. The molecule has 0 unspecified atom stereocenters. The highest BCUT2D eigenvalue weighted by molar-refractivity contribution is 5.32. The molecule has 0 aliphatic carbocycles. The molecule has 2 aromatic carbocycles. The van der Waals surface area contributed by atoms with Gasteiger partial charge in [-0.25, -0.2) is 0 Å². The number of aliphatic hydroxyl groups is 3. The molecule has 0 saturated heterocycles. The molecule has 0 fully saturated rings. The van der Waals surface area contributed by atoms with Gasteiger partial charge in [-0.3, -0.25) is 0 Å². The molecule has 3 N–H and O–H groups in total. The van der Waals surface area contributed by atoms with Crippen LogP contribution >= 0.6 is 0 Å². The van der Waals surface area contributed by atoms with Gasteiger partial charge in [0.1, 0.15) is 0 Å². The second-order valence-corrected chi connectivity index (χ2v) is 9.73. The summed E-state index contributed by atoms with van der Waals surface area (Å²) >= 11 is 0. The number of aliphatic hydroxyl groups excluding tert-OH is 3. The van der Waals surface area contributed by atoms with Crippen LogP contribution in [0.4, 0.5) is 0 Å². The van der Waals surface area contributed by atoms with Gasteiger partial charge in [-0.05, 0) is 24.0 Å². The second-order valence-electron chi connectivity index (χ2n) is 9.73. The summed E-state index contributed by atoms with van der Waals surface area (Å²) in [6.07, 6.45) is 13.7. The lowest BCUT2D eigenvalue weighted by atomic mass is 9.87. The predicted molar refractivity (Wildman–Crippen MR) is 140 cm³/mol. The zero-order valence-corrected chi connectivity index (χ0v) is 20.9. The van der Waals surface area contributed by atoms with Gasteiger partial charge in [0.15, 0.2) is 0 Å². The van der Waals surface area contributed by atoms with Crippen molar-refractivity contribution in [1.82, 2.24) is 0 Å². The molecule has 0 aromatic heterocycles. The van der Waals surface area contributed by atoms with E-state index in [9.17, 15) is 15.3 Å². The van der Waals surface area contributed by atoms with Crippen LogP contribution in [0.15, 0.2) is 60.7 Å². The molecule has 2 rings (SSSR count). The van der Waals surface area contributed by atoms with Gasteiger partial charge in [-0.1, -0.05) is 118 Å². The third-order valence-electron chi connectivity index (χ3n) is 6.85. The zero-order valence-electron chi connectivity index (χ0n) is 20.9. The Morgan fingerprint density at radius 3 is 1.41 bits per heavy atom. The highest BCUT2D eigenvalue weighted by Crippen LogP contribution is 2.30. The molecular weight excluding hydrogens is 424 g/mol. The molecule has 0 radical (unpaired) electrons. The third-order valence-corrected chi connectivity index (χ3v) is 6.85. The Morgan fingerprint density at radius 2 is 0.971 bits per heavy atom. The summed E-state index contributed by atoms with van der Waals surface area (Å²) < 4.78 is 5.55. The summed E-state index contributed by atoms with van der Waals surface area (Å²) in [4.78, 5) is 0. The van der Waals surface area contributed by atoms with E-state index < -0.39 is 5.41 Å². The summed E-state index contributed by atoms with van der Waals surface area (Å²) in [6, 6.07) is 21.8. The fourth-order valence-corrected chi connectivity index (χ4v) is 4.44. The minimum Gasteiger partial charge on any atom is -0.396 e. The van der Waals surface area contributed by atoms with E-state index in [1.807, 2.05) is 0 Å². The predicted octanol–water partition coefficient (Wildman–Crippen LogP) is 6.09. The quantitative estimate of drug-likeness (QED) is 0.205. The Morgan fingerprint density at radius 1 is 0.559 bits per heavy atom. The molecular formula is C30H46O4. The molecule has 34 heavy (non-hydrogen) atoms. The number of hydrogen-bond donors (Lipinski definition) is 3. The Balaban J connectivity index is 1.47. The maximum absolute atomic E-state index is 9.29. The maximum atomic E-state index is 9.29. The topological polar surface area (TPSA) is 69.9 Å². The number of hydrogen-bond acceptors (Lipinski definition) is 4. The normalized spacial score (nSPS) is 11.9. The summed E-state index contributed by atoms with van der Waals surface area (Å²) in [5, 5.41) is 27.9. The van der Waals surface area contributed by atoms with E-state index >= 15 is 0 Å². The lowest BCUT2D eigenvalue weighted by Gasteiger charge is -2.26. The number of unbranched alkanes of at least 4 members (excludes halogenated alkanes) is 9. The zero-order chi connectivity index (χ0) is 24.3. The summed E-state index contributed by atoms with van der Waals surface area (Å²) in [6.45, 7) is 0.0323. The largest absolute Gasteiger partial charge is 0.396 e. The molecule has 4 heteroatoms. The van der Waals surface area contributed by atoms with E-state index in [4.69, 9.17) is 4.74 Å². The van der Waals surface area contributed by atoms with Crippen molar-refractivity contribution < 1.29 is 20.1 Å². The van der Waals surface area contributed by atoms with Crippen molar-refractivity contribution in [2.45, 2.75) is 76.5 Å². The van der Waals surface area contributed by atoms with Crippen LogP contribution < -0.4 is 0 Å². The third kappa shape index (κ3) is 10.7. The minimum absolute atomic E-state index is 0.202. The van der Waals surface area contributed by atoms with Crippen LogP contribution in [0.5, 0.6) is 0 Å². The van der Waals surface area contributed by atoms with E-state index in [2.05, 4.69) is 60.7 Å². The first-order valence-corrected chi connectivity index (χ1v) is 13.2. The summed E-state index contributed by atoms with van der Waals surface area (Å²) in [5.41, 5.74) is 1.94. The van der Waals surface area contributed by atoms with Crippen molar-refractivity contribution in [2.24, 2.45) is 5.41 Å². The standard InChI is InChI=1S/C30H46O4/c31-23-30(24-32,25-33)26-34-22-16-8-6-4-2-1-3-5-7-15-21-29(27-17-11-9-12-18-27)28-19-13-10-14-20-28/h9-14,17-20,29,31-33H,1-8,15-16,21-26H2. The molecule has 4 nitrogen and oxygen atoms in total. The molecule has 0 aliphatic rings. The van der Waals surface area contributed by atoms with E-state index in [0.717, 1.165) is 12.8 Å². The smallest absolute Gasteiger partial charge is 0.0629 e. The van der Waals surface area contributed by atoms with E-state index in [1.165, 1.54) is 68.9 Å². The Kier molecular flexibility index (Phi) is 14.8. The van der Waals surface area contributed by atoms with Crippen LogP contribution in [0, 0.1) is 5.41 Å². The van der Waals surface area contributed by atoms with Crippen LogP contribution in [0.2, 0.25) is 0 Å². The molecule has 0 amide bonds. The lowest BCUT2D eigenvalue weighted by molar-refractivity contribution is -0.0582. The first kappa shape index (κ1) is 28.5. The molecule has 0 aliphatic heterocycles. The number of benzene rings is 2. The molecule has 0 bridgehead atoms. The minimum atomic E-state index is -0.913. The summed E-state index contributed by atoms with van der Waals surface area (Å²) in [7, 11) is 0.